The zero-order chi connectivity index (χ0) is 29.0. The van der Waals surface area contributed by atoms with E-state index < -0.39 is 11.6 Å². The van der Waals surface area contributed by atoms with Gasteiger partial charge in [0.1, 0.15) is 23.8 Å². The summed E-state index contributed by atoms with van der Waals surface area (Å²) in [5, 5.41) is 10.3. The van der Waals surface area contributed by atoms with Crippen LogP contribution >= 0.6 is 22.9 Å². The molecule has 218 valence electrons. The number of hydrogen-bond acceptors (Lipinski definition) is 9. The standard InChI is InChI=1S/C30H30ClF2N7OS/c31-20-14-19-24(23(33)22(20)18-5-6-21(32)26-25(18)36-28(35)42-26)37-29(41-16-30-8-2-11-40(30)12-3-9-30)38-27(19)39-10-1-4-17(15-34)7-13-39/h5-6,14,17H,1-4,7-13,16H2,(H2,35,36). The number of rotatable bonds is 5. The van der Waals surface area contributed by atoms with E-state index in [0.29, 0.717) is 42.9 Å². The van der Waals surface area contributed by atoms with Gasteiger partial charge in [-0.25, -0.2) is 13.8 Å². The van der Waals surface area contributed by atoms with Crippen LogP contribution in [0.15, 0.2) is 18.2 Å². The Bertz CT molecular complexity index is 1730. The molecule has 0 bridgehead atoms. The van der Waals surface area contributed by atoms with E-state index in [2.05, 4.69) is 25.8 Å². The van der Waals surface area contributed by atoms with Gasteiger partial charge in [-0.15, -0.1) is 0 Å². The van der Waals surface area contributed by atoms with Crippen LogP contribution in [0.5, 0.6) is 6.01 Å². The highest BCUT2D eigenvalue weighted by atomic mass is 35.5. The van der Waals surface area contributed by atoms with Crippen LogP contribution < -0.4 is 15.4 Å². The fraction of sp³-hybridized carbons (Fsp3) is 0.467. The quantitative estimate of drug-likeness (QED) is 0.271. The van der Waals surface area contributed by atoms with E-state index in [9.17, 15) is 9.65 Å². The largest absolute Gasteiger partial charge is 0.461 e. The number of benzene rings is 2. The molecule has 0 saturated carbocycles. The van der Waals surface area contributed by atoms with Crippen LogP contribution in [0.4, 0.5) is 19.7 Å². The monoisotopic (exact) mass is 609 g/mol. The number of nitrogens with zero attached hydrogens (tertiary/aromatic N) is 6. The highest BCUT2D eigenvalue weighted by Gasteiger charge is 2.45. The van der Waals surface area contributed by atoms with Crippen molar-refractivity contribution < 1.29 is 13.5 Å². The third-order valence-electron chi connectivity index (χ3n) is 9.12. The van der Waals surface area contributed by atoms with Gasteiger partial charge in [-0.2, -0.15) is 15.2 Å². The van der Waals surface area contributed by atoms with E-state index in [0.717, 1.165) is 63.0 Å². The molecular formula is C30H30ClF2N7OS. The first-order chi connectivity index (χ1) is 20.4. The second-order valence-electron chi connectivity index (χ2n) is 11.5. The number of halogens is 3. The summed E-state index contributed by atoms with van der Waals surface area (Å²) >= 11 is 7.79. The number of hydrogen-bond donors (Lipinski definition) is 1. The lowest BCUT2D eigenvalue weighted by atomic mass is 9.95. The zero-order valence-electron chi connectivity index (χ0n) is 23.0. The Balaban J connectivity index is 1.37. The second kappa shape index (κ2) is 10.7. The van der Waals surface area contributed by atoms with Crippen molar-refractivity contribution in [1.82, 2.24) is 19.9 Å². The summed E-state index contributed by atoms with van der Waals surface area (Å²) < 4.78 is 37.8. The molecule has 4 aromatic rings. The molecule has 2 N–H and O–H groups in total. The van der Waals surface area contributed by atoms with E-state index in [1.54, 1.807) is 6.07 Å². The van der Waals surface area contributed by atoms with Crippen LogP contribution in [0.3, 0.4) is 0 Å². The molecular weight excluding hydrogens is 580 g/mol. The number of anilines is 2. The number of nitrogen functional groups attached to an aromatic ring is 1. The van der Waals surface area contributed by atoms with Crippen molar-refractivity contribution in [2.45, 2.75) is 50.5 Å². The molecule has 1 atom stereocenters. The molecule has 3 aliphatic rings. The third kappa shape index (κ3) is 4.60. The average molecular weight is 610 g/mol. The molecule has 5 heterocycles. The van der Waals surface area contributed by atoms with Gasteiger partial charge >= 0.3 is 6.01 Å². The fourth-order valence-corrected chi connectivity index (χ4v) is 8.06. The summed E-state index contributed by atoms with van der Waals surface area (Å²) in [7, 11) is 0. The molecule has 0 spiro atoms. The average Bonchev–Trinajstić information content (AvgIpc) is 3.62. The van der Waals surface area contributed by atoms with Crippen molar-refractivity contribution in [1.29, 1.82) is 5.26 Å². The molecule has 2 aromatic carbocycles. The minimum Gasteiger partial charge on any atom is -0.461 e. The molecule has 12 heteroatoms. The smallest absolute Gasteiger partial charge is 0.319 e. The lowest BCUT2D eigenvalue weighted by molar-refractivity contribution is 0.108. The molecule has 0 amide bonds. The predicted molar refractivity (Wildman–Crippen MR) is 161 cm³/mol. The summed E-state index contributed by atoms with van der Waals surface area (Å²) in [5.41, 5.74) is 6.60. The molecule has 0 radical (unpaired) electrons. The van der Waals surface area contributed by atoms with Crippen LogP contribution in [0, 0.1) is 28.9 Å². The Hall–Kier alpha value is -3.33. The summed E-state index contributed by atoms with van der Waals surface area (Å²) in [6.45, 7) is 3.82. The number of thiazole rings is 1. The van der Waals surface area contributed by atoms with Crippen molar-refractivity contribution in [3.63, 3.8) is 0 Å². The molecule has 42 heavy (non-hydrogen) atoms. The normalized spacial score (nSPS) is 20.6. The van der Waals surface area contributed by atoms with E-state index >= 15 is 4.39 Å². The highest BCUT2D eigenvalue weighted by Crippen LogP contribution is 2.43. The Labute approximate surface area is 251 Å². The van der Waals surface area contributed by atoms with Gasteiger partial charge in [0, 0.05) is 35.5 Å². The molecule has 7 rings (SSSR count). The Morgan fingerprint density at radius 3 is 2.67 bits per heavy atom. The van der Waals surface area contributed by atoms with Gasteiger partial charge in [0.25, 0.3) is 0 Å². The van der Waals surface area contributed by atoms with Crippen LogP contribution in [-0.2, 0) is 0 Å². The van der Waals surface area contributed by atoms with Crippen LogP contribution in [-0.4, -0.2) is 58.2 Å². The van der Waals surface area contributed by atoms with Gasteiger partial charge in [-0.1, -0.05) is 22.9 Å². The van der Waals surface area contributed by atoms with Crippen molar-refractivity contribution in [3.8, 4) is 23.2 Å². The Kier molecular flexibility index (Phi) is 7.03. The minimum absolute atomic E-state index is 0.0327. The van der Waals surface area contributed by atoms with Gasteiger partial charge in [0.05, 0.1) is 26.8 Å². The first-order valence-electron chi connectivity index (χ1n) is 14.4. The van der Waals surface area contributed by atoms with Crippen molar-refractivity contribution in [3.05, 3.63) is 34.9 Å². The summed E-state index contributed by atoms with van der Waals surface area (Å²) in [6, 6.07) is 6.91. The van der Waals surface area contributed by atoms with E-state index in [4.69, 9.17) is 27.1 Å². The lowest BCUT2D eigenvalue weighted by Crippen LogP contribution is -2.43. The van der Waals surface area contributed by atoms with Gasteiger partial charge in [0.2, 0.25) is 0 Å². The lowest BCUT2D eigenvalue weighted by Gasteiger charge is -2.31. The maximum Gasteiger partial charge on any atom is 0.319 e. The van der Waals surface area contributed by atoms with E-state index in [1.807, 2.05) is 0 Å². The molecule has 3 fully saturated rings. The number of nitrogens with two attached hydrogens (primary N) is 1. The first-order valence-corrected chi connectivity index (χ1v) is 15.6. The van der Waals surface area contributed by atoms with Crippen molar-refractivity contribution in [2.75, 3.05) is 43.4 Å². The molecule has 8 nitrogen and oxygen atoms in total. The van der Waals surface area contributed by atoms with Gasteiger partial charge < -0.3 is 15.4 Å². The summed E-state index contributed by atoms with van der Waals surface area (Å²) in [5.74, 6) is -0.635. The maximum atomic E-state index is 16.7. The van der Waals surface area contributed by atoms with E-state index in [-0.39, 0.29) is 48.9 Å². The predicted octanol–water partition coefficient (Wildman–Crippen LogP) is 6.56. The number of fused-ring (bicyclic) bond motifs is 3. The molecule has 3 saturated heterocycles. The third-order valence-corrected chi connectivity index (χ3v) is 10.3. The maximum absolute atomic E-state index is 16.7. The number of aromatic nitrogens is 3. The molecule has 3 aliphatic heterocycles. The number of nitriles is 1. The Morgan fingerprint density at radius 1 is 1.07 bits per heavy atom. The highest BCUT2D eigenvalue weighted by molar-refractivity contribution is 7.22. The zero-order valence-corrected chi connectivity index (χ0v) is 24.6. The van der Waals surface area contributed by atoms with Crippen molar-refractivity contribution in [2.24, 2.45) is 5.92 Å². The fourth-order valence-electron chi connectivity index (χ4n) is 7.00. The summed E-state index contributed by atoms with van der Waals surface area (Å²) in [6.07, 6.45) is 6.67. The van der Waals surface area contributed by atoms with Crippen molar-refractivity contribution >= 4 is 55.0 Å². The van der Waals surface area contributed by atoms with E-state index in [1.165, 1.54) is 12.1 Å². The SMILES string of the molecule is N#CC1CCCN(c2nc(OCC34CCCN3CCC4)nc3c(F)c(-c4ccc(F)c5sc(N)nc45)c(Cl)cc23)CC1. The summed E-state index contributed by atoms with van der Waals surface area (Å²) in [4.78, 5) is 18.3. The van der Waals surface area contributed by atoms with Crippen LogP contribution in [0.1, 0.15) is 44.9 Å². The first kappa shape index (κ1) is 27.5. The minimum atomic E-state index is -0.656. The second-order valence-corrected chi connectivity index (χ2v) is 13.0. The van der Waals surface area contributed by atoms with Gasteiger partial charge in [-0.05, 0) is 76.2 Å². The molecule has 1 unspecified atom stereocenters. The Morgan fingerprint density at radius 2 is 1.88 bits per heavy atom. The van der Waals surface area contributed by atoms with Gasteiger partial charge in [0.15, 0.2) is 10.9 Å². The van der Waals surface area contributed by atoms with Crippen LogP contribution in [0.25, 0.3) is 32.2 Å². The topological polar surface area (TPSA) is 104 Å². The molecule has 2 aromatic heterocycles. The number of ether oxygens (including phenoxy) is 1. The molecule has 0 aliphatic carbocycles. The van der Waals surface area contributed by atoms with Crippen LogP contribution in [0.2, 0.25) is 5.02 Å². The van der Waals surface area contributed by atoms with Gasteiger partial charge in [-0.3, -0.25) is 4.90 Å².